The summed E-state index contributed by atoms with van der Waals surface area (Å²) in [5.41, 5.74) is 3.04. The lowest BCUT2D eigenvalue weighted by atomic mass is 10.2. The first kappa shape index (κ1) is 29.3. The fourth-order valence-electron chi connectivity index (χ4n) is 6.20. The van der Waals surface area contributed by atoms with Crippen LogP contribution in [-0.4, -0.2) is 95.4 Å². The number of fused-ring (bicyclic) bond motifs is 3. The average Bonchev–Trinajstić information content (AvgIpc) is 3.58. The van der Waals surface area contributed by atoms with E-state index in [1.807, 2.05) is 24.3 Å². The topological polar surface area (TPSA) is 104 Å². The standard InChI is InChI=1S/C31H34F3N9O2/c1-40-12-14-41(15-13-40)23-8-6-22(7-9-23)37-30(44)36-21-4-2-20(3-5-21)27-38-28(42-17-24-10-11-25(18-42)45-24)26-16-35-43(29(26)39-27)19-31(32,33)34/h2-9,16,24-25H,10-15,17-19H2,1H3,(H2,36,37,44)/t24-,25-/m0/s1. The number of urea groups is 1. The lowest BCUT2D eigenvalue weighted by Gasteiger charge is -2.34. The number of halogens is 3. The molecular weight excluding hydrogens is 587 g/mol. The van der Waals surface area contributed by atoms with Gasteiger partial charge in [0.25, 0.3) is 0 Å². The number of morpholine rings is 1. The highest BCUT2D eigenvalue weighted by Gasteiger charge is 2.36. The molecule has 0 radical (unpaired) electrons. The number of hydrogen-bond acceptors (Lipinski definition) is 8. The monoisotopic (exact) mass is 621 g/mol. The van der Waals surface area contributed by atoms with Crippen molar-refractivity contribution in [2.45, 2.75) is 37.8 Å². The van der Waals surface area contributed by atoms with Gasteiger partial charge in [0.05, 0.1) is 23.8 Å². The minimum atomic E-state index is -4.46. The number of carbonyl (C=O) groups is 1. The number of hydrogen-bond donors (Lipinski definition) is 2. The molecule has 0 unspecified atom stereocenters. The number of benzene rings is 2. The Morgan fingerprint density at radius 2 is 1.51 bits per heavy atom. The summed E-state index contributed by atoms with van der Waals surface area (Å²) in [6.07, 6.45) is -1.03. The van der Waals surface area contributed by atoms with E-state index < -0.39 is 18.8 Å². The first-order chi connectivity index (χ1) is 21.7. The summed E-state index contributed by atoms with van der Waals surface area (Å²) in [7, 11) is 2.12. The van der Waals surface area contributed by atoms with Gasteiger partial charge in [0.15, 0.2) is 11.5 Å². The van der Waals surface area contributed by atoms with E-state index in [0.29, 0.717) is 41.2 Å². The van der Waals surface area contributed by atoms with E-state index in [2.05, 4.69) is 42.5 Å². The molecule has 3 fully saturated rings. The van der Waals surface area contributed by atoms with Crippen molar-refractivity contribution < 1.29 is 22.7 Å². The van der Waals surface area contributed by atoms with Gasteiger partial charge in [0.2, 0.25) is 0 Å². The molecule has 236 valence electrons. The molecule has 14 heteroatoms. The number of likely N-dealkylation sites (N-methyl/N-ethyl adjacent to an activating group) is 1. The van der Waals surface area contributed by atoms with Gasteiger partial charge < -0.3 is 30.1 Å². The molecule has 7 rings (SSSR count). The van der Waals surface area contributed by atoms with Crippen LogP contribution >= 0.6 is 0 Å². The molecule has 0 saturated carbocycles. The molecule has 2 atom stereocenters. The Balaban J connectivity index is 1.07. The number of alkyl halides is 3. The summed E-state index contributed by atoms with van der Waals surface area (Å²) >= 11 is 0. The lowest BCUT2D eigenvalue weighted by molar-refractivity contribution is -0.141. The Morgan fingerprint density at radius 1 is 0.889 bits per heavy atom. The first-order valence-corrected chi connectivity index (χ1v) is 15.1. The van der Waals surface area contributed by atoms with Crippen LogP contribution < -0.4 is 20.4 Å². The average molecular weight is 622 g/mol. The van der Waals surface area contributed by atoms with E-state index in [1.165, 1.54) is 6.20 Å². The number of rotatable bonds is 6. The van der Waals surface area contributed by atoms with Crippen molar-refractivity contribution in [2.75, 3.05) is 66.7 Å². The zero-order valence-corrected chi connectivity index (χ0v) is 24.8. The number of amides is 2. The Labute approximate surface area is 258 Å². The predicted octanol–water partition coefficient (Wildman–Crippen LogP) is 4.82. The Bertz CT molecular complexity index is 1660. The van der Waals surface area contributed by atoms with Crippen molar-refractivity contribution in [3.63, 3.8) is 0 Å². The van der Waals surface area contributed by atoms with Crippen LogP contribution in [0.1, 0.15) is 12.8 Å². The van der Waals surface area contributed by atoms with Crippen LogP contribution in [0, 0.1) is 0 Å². The number of carbonyl (C=O) groups excluding carboxylic acids is 1. The molecule has 3 aliphatic rings. The Morgan fingerprint density at radius 3 is 2.13 bits per heavy atom. The molecule has 2 aromatic heterocycles. The highest BCUT2D eigenvalue weighted by atomic mass is 19.4. The second-order valence-electron chi connectivity index (χ2n) is 11.9. The number of nitrogens with zero attached hydrogens (tertiary/aromatic N) is 7. The van der Waals surface area contributed by atoms with E-state index in [0.717, 1.165) is 49.4 Å². The number of aromatic nitrogens is 4. The van der Waals surface area contributed by atoms with Crippen molar-refractivity contribution >= 4 is 39.9 Å². The SMILES string of the molecule is CN1CCN(c2ccc(NC(=O)Nc3ccc(-c4nc(N5C[C@@H]6CC[C@@H](C5)O6)c5cnn(CC(F)(F)F)c5n4)cc3)cc2)CC1. The van der Waals surface area contributed by atoms with Crippen molar-refractivity contribution in [2.24, 2.45) is 0 Å². The van der Waals surface area contributed by atoms with Gasteiger partial charge in [-0.2, -0.15) is 18.3 Å². The molecule has 3 aliphatic heterocycles. The molecule has 2 aromatic carbocycles. The maximum absolute atomic E-state index is 13.4. The summed E-state index contributed by atoms with van der Waals surface area (Å²) in [4.78, 5) is 28.7. The largest absolute Gasteiger partial charge is 0.408 e. The highest BCUT2D eigenvalue weighted by molar-refractivity contribution is 6.00. The fourth-order valence-corrected chi connectivity index (χ4v) is 6.20. The van der Waals surface area contributed by atoms with Gasteiger partial charge in [0.1, 0.15) is 12.4 Å². The number of anilines is 4. The molecule has 4 aromatic rings. The fraction of sp³-hybridized carbons (Fsp3) is 0.419. The van der Waals surface area contributed by atoms with Crippen LogP contribution in [0.25, 0.3) is 22.4 Å². The van der Waals surface area contributed by atoms with Gasteiger partial charge in [0, 0.05) is 61.9 Å². The molecule has 2 amide bonds. The molecule has 45 heavy (non-hydrogen) atoms. The second kappa shape index (κ2) is 11.8. The first-order valence-electron chi connectivity index (χ1n) is 15.1. The van der Waals surface area contributed by atoms with Crippen LogP contribution in [0.15, 0.2) is 54.7 Å². The minimum Gasteiger partial charge on any atom is -0.371 e. The van der Waals surface area contributed by atoms with E-state index in [4.69, 9.17) is 9.72 Å². The van der Waals surface area contributed by atoms with Crippen molar-refractivity contribution in [3.8, 4) is 11.4 Å². The van der Waals surface area contributed by atoms with E-state index in [-0.39, 0.29) is 23.7 Å². The van der Waals surface area contributed by atoms with Gasteiger partial charge in [-0.25, -0.2) is 19.4 Å². The summed E-state index contributed by atoms with van der Waals surface area (Å²) < 4.78 is 46.9. The van der Waals surface area contributed by atoms with Crippen molar-refractivity contribution in [1.29, 1.82) is 0 Å². The Kier molecular flexibility index (Phi) is 7.69. The van der Waals surface area contributed by atoms with Crippen molar-refractivity contribution in [3.05, 3.63) is 54.7 Å². The third-order valence-corrected chi connectivity index (χ3v) is 8.54. The second-order valence-corrected chi connectivity index (χ2v) is 11.9. The zero-order chi connectivity index (χ0) is 31.1. The van der Waals surface area contributed by atoms with Crippen LogP contribution in [0.2, 0.25) is 0 Å². The number of ether oxygens (including phenoxy) is 1. The molecule has 3 saturated heterocycles. The zero-order valence-electron chi connectivity index (χ0n) is 24.8. The quantitative estimate of drug-likeness (QED) is 0.316. The van der Waals surface area contributed by atoms with Crippen molar-refractivity contribution in [1.82, 2.24) is 24.6 Å². The molecule has 0 aliphatic carbocycles. The minimum absolute atomic E-state index is 0.0637. The van der Waals surface area contributed by atoms with Gasteiger partial charge in [-0.15, -0.1) is 0 Å². The summed E-state index contributed by atoms with van der Waals surface area (Å²) in [5, 5.41) is 10.2. The van der Waals surface area contributed by atoms with E-state index in [1.54, 1.807) is 24.3 Å². The number of nitrogens with one attached hydrogen (secondary N) is 2. The summed E-state index contributed by atoms with van der Waals surface area (Å²) in [5.74, 6) is 0.820. The van der Waals surface area contributed by atoms with Crippen LogP contribution in [0.4, 0.5) is 40.8 Å². The molecular formula is C31H34F3N9O2. The summed E-state index contributed by atoms with van der Waals surface area (Å²) in [6, 6.07) is 14.3. The Hall–Kier alpha value is -4.43. The number of piperazine rings is 1. The molecule has 2 bridgehead atoms. The smallest absolute Gasteiger partial charge is 0.371 e. The van der Waals surface area contributed by atoms with E-state index in [9.17, 15) is 18.0 Å². The van der Waals surface area contributed by atoms with Crippen LogP contribution in [0.3, 0.4) is 0 Å². The van der Waals surface area contributed by atoms with Crippen LogP contribution in [0.5, 0.6) is 0 Å². The molecule has 5 heterocycles. The predicted molar refractivity (Wildman–Crippen MR) is 166 cm³/mol. The highest BCUT2D eigenvalue weighted by Crippen LogP contribution is 2.34. The maximum atomic E-state index is 13.4. The molecule has 2 N–H and O–H groups in total. The lowest BCUT2D eigenvalue weighted by Crippen LogP contribution is -2.44. The maximum Gasteiger partial charge on any atom is 0.408 e. The molecule has 0 spiro atoms. The third kappa shape index (κ3) is 6.52. The van der Waals surface area contributed by atoms with Gasteiger partial charge in [-0.1, -0.05) is 0 Å². The van der Waals surface area contributed by atoms with Gasteiger partial charge in [-0.05, 0) is 68.4 Å². The van der Waals surface area contributed by atoms with Crippen LogP contribution in [-0.2, 0) is 11.3 Å². The van der Waals surface area contributed by atoms with Gasteiger partial charge >= 0.3 is 12.2 Å². The van der Waals surface area contributed by atoms with Gasteiger partial charge in [-0.3, -0.25) is 0 Å². The molecule has 11 nitrogen and oxygen atoms in total. The normalized spacial score (nSPS) is 20.5. The third-order valence-electron chi connectivity index (χ3n) is 8.54. The summed E-state index contributed by atoms with van der Waals surface area (Å²) in [6.45, 7) is 3.90. The van der Waals surface area contributed by atoms with E-state index >= 15 is 0 Å².